The van der Waals surface area contributed by atoms with E-state index in [1.165, 1.54) is 5.56 Å². The van der Waals surface area contributed by atoms with Crippen molar-refractivity contribution in [1.29, 1.82) is 5.26 Å². The first kappa shape index (κ1) is 23.2. The van der Waals surface area contributed by atoms with Gasteiger partial charge in [-0.05, 0) is 48.9 Å². The standard InChI is InChI=1S/C20H20N4O.C2HF3O2/c21-11-16-3-5-18(6-4-16)24-15-20(10-19(24)25)7-9-23(14-20)13-17-2-1-8-22-12-17;3-2(4,5)1(6)7/h1-6,8,12H,7,9-10,13-15H2;(H,6,7). The minimum Gasteiger partial charge on any atom is -0.475 e. The molecule has 1 spiro atoms. The lowest BCUT2D eigenvalue weighted by Crippen LogP contribution is -2.31. The quantitative estimate of drug-likeness (QED) is 0.778. The van der Waals surface area contributed by atoms with Crippen molar-refractivity contribution in [2.75, 3.05) is 24.5 Å². The van der Waals surface area contributed by atoms with Crippen molar-refractivity contribution in [1.82, 2.24) is 9.88 Å². The van der Waals surface area contributed by atoms with Crippen molar-refractivity contribution >= 4 is 17.6 Å². The Morgan fingerprint density at radius 3 is 2.47 bits per heavy atom. The maximum Gasteiger partial charge on any atom is 0.490 e. The number of hydrogen-bond donors (Lipinski definition) is 1. The van der Waals surface area contributed by atoms with Gasteiger partial charge in [-0.2, -0.15) is 18.4 Å². The number of anilines is 1. The molecule has 2 aromatic rings. The van der Waals surface area contributed by atoms with Crippen LogP contribution in [0.5, 0.6) is 0 Å². The van der Waals surface area contributed by atoms with E-state index in [0.717, 1.165) is 38.3 Å². The van der Waals surface area contributed by atoms with Crippen LogP contribution in [0, 0.1) is 16.7 Å². The van der Waals surface area contributed by atoms with E-state index in [0.29, 0.717) is 12.0 Å². The maximum atomic E-state index is 12.6. The van der Waals surface area contributed by atoms with Crippen molar-refractivity contribution in [3.05, 3.63) is 59.9 Å². The zero-order valence-corrected chi connectivity index (χ0v) is 17.0. The van der Waals surface area contributed by atoms with Gasteiger partial charge in [0, 0.05) is 49.6 Å². The van der Waals surface area contributed by atoms with E-state index < -0.39 is 12.1 Å². The number of nitriles is 1. The summed E-state index contributed by atoms with van der Waals surface area (Å²) in [6, 6.07) is 13.5. The Hall–Kier alpha value is -3.45. The number of carboxylic acid groups (broad SMARTS) is 1. The van der Waals surface area contributed by atoms with Crippen molar-refractivity contribution < 1.29 is 27.9 Å². The van der Waals surface area contributed by atoms with Crippen LogP contribution in [0.1, 0.15) is 24.0 Å². The van der Waals surface area contributed by atoms with Crippen LogP contribution in [-0.2, 0) is 16.1 Å². The van der Waals surface area contributed by atoms with E-state index in [1.807, 2.05) is 29.3 Å². The molecule has 4 rings (SSSR count). The lowest BCUT2D eigenvalue weighted by atomic mass is 9.86. The molecule has 2 aliphatic rings. The largest absolute Gasteiger partial charge is 0.490 e. The molecule has 2 aliphatic heterocycles. The van der Waals surface area contributed by atoms with Crippen LogP contribution in [-0.4, -0.2) is 52.7 Å². The Balaban J connectivity index is 0.000000360. The number of rotatable bonds is 3. The van der Waals surface area contributed by atoms with Gasteiger partial charge in [0.15, 0.2) is 0 Å². The highest BCUT2D eigenvalue weighted by Gasteiger charge is 2.47. The third-order valence-corrected chi connectivity index (χ3v) is 5.52. The SMILES string of the molecule is N#Cc1ccc(N2CC3(CCN(Cc4cccnc4)C3)CC2=O)cc1.O=C(O)C(F)(F)F. The zero-order valence-electron chi connectivity index (χ0n) is 17.0. The molecule has 1 atom stereocenters. The number of aliphatic carboxylic acids is 1. The van der Waals surface area contributed by atoms with Crippen molar-refractivity contribution in [3.63, 3.8) is 0 Å². The monoisotopic (exact) mass is 446 g/mol. The maximum absolute atomic E-state index is 12.6. The van der Waals surface area contributed by atoms with Gasteiger partial charge in [0.1, 0.15) is 0 Å². The first-order valence-corrected chi connectivity index (χ1v) is 9.84. The van der Waals surface area contributed by atoms with Crippen LogP contribution in [0.2, 0.25) is 0 Å². The molecule has 3 heterocycles. The molecule has 168 valence electrons. The van der Waals surface area contributed by atoms with Crippen molar-refractivity contribution in [2.24, 2.45) is 5.41 Å². The molecule has 1 aromatic carbocycles. The van der Waals surface area contributed by atoms with Gasteiger partial charge < -0.3 is 10.0 Å². The molecule has 0 saturated carbocycles. The fraction of sp³-hybridized carbons (Fsp3) is 0.364. The molecular formula is C22H21F3N4O3. The number of likely N-dealkylation sites (tertiary alicyclic amines) is 1. The first-order valence-electron chi connectivity index (χ1n) is 9.84. The molecular weight excluding hydrogens is 425 g/mol. The number of carboxylic acids is 1. The fourth-order valence-corrected chi connectivity index (χ4v) is 4.03. The normalized spacial score (nSPS) is 20.7. The number of halogens is 3. The van der Waals surface area contributed by atoms with E-state index in [1.54, 1.807) is 18.3 Å². The van der Waals surface area contributed by atoms with E-state index in [-0.39, 0.29) is 11.3 Å². The Morgan fingerprint density at radius 1 is 1.22 bits per heavy atom. The van der Waals surface area contributed by atoms with Gasteiger partial charge in [-0.25, -0.2) is 4.79 Å². The Kier molecular flexibility index (Phi) is 6.79. The molecule has 7 nitrogen and oxygen atoms in total. The van der Waals surface area contributed by atoms with E-state index in [2.05, 4.69) is 22.0 Å². The molecule has 0 radical (unpaired) electrons. The number of pyridine rings is 1. The molecule has 1 amide bonds. The predicted molar refractivity (Wildman–Crippen MR) is 108 cm³/mol. The number of nitrogens with zero attached hydrogens (tertiary/aromatic N) is 4. The summed E-state index contributed by atoms with van der Waals surface area (Å²) < 4.78 is 31.7. The number of aromatic nitrogens is 1. The zero-order chi connectivity index (χ0) is 23.4. The number of amides is 1. The fourth-order valence-electron chi connectivity index (χ4n) is 4.03. The summed E-state index contributed by atoms with van der Waals surface area (Å²) in [4.78, 5) is 30.0. The van der Waals surface area contributed by atoms with Gasteiger partial charge in [-0.15, -0.1) is 0 Å². The van der Waals surface area contributed by atoms with Crippen molar-refractivity contribution in [2.45, 2.75) is 25.6 Å². The molecule has 1 aromatic heterocycles. The molecule has 0 aliphatic carbocycles. The third-order valence-electron chi connectivity index (χ3n) is 5.52. The summed E-state index contributed by atoms with van der Waals surface area (Å²) in [5, 5.41) is 16.0. The summed E-state index contributed by atoms with van der Waals surface area (Å²) in [5.74, 6) is -2.57. The highest BCUT2D eigenvalue weighted by molar-refractivity contribution is 5.96. The second-order valence-corrected chi connectivity index (χ2v) is 7.94. The molecule has 1 unspecified atom stereocenters. The van der Waals surface area contributed by atoms with Gasteiger partial charge >= 0.3 is 12.1 Å². The summed E-state index contributed by atoms with van der Waals surface area (Å²) in [7, 11) is 0. The molecule has 0 bridgehead atoms. The predicted octanol–water partition coefficient (Wildman–Crippen LogP) is 3.22. The van der Waals surface area contributed by atoms with Crippen LogP contribution in [0.4, 0.5) is 18.9 Å². The smallest absolute Gasteiger partial charge is 0.475 e. The Labute approximate surface area is 182 Å². The van der Waals surface area contributed by atoms with Gasteiger partial charge in [-0.1, -0.05) is 6.07 Å². The Morgan fingerprint density at radius 2 is 1.91 bits per heavy atom. The average Bonchev–Trinajstić information content (AvgIpc) is 3.30. The van der Waals surface area contributed by atoms with Gasteiger partial charge in [-0.3, -0.25) is 14.7 Å². The minimum absolute atomic E-state index is 0.0488. The third kappa shape index (κ3) is 5.62. The van der Waals surface area contributed by atoms with E-state index in [4.69, 9.17) is 15.2 Å². The number of benzene rings is 1. The second kappa shape index (κ2) is 9.36. The number of alkyl halides is 3. The average molecular weight is 446 g/mol. The number of hydrogen-bond acceptors (Lipinski definition) is 5. The van der Waals surface area contributed by atoms with Crippen molar-refractivity contribution in [3.8, 4) is 6.07 Å². The van der Waals surface area contributed by atoms with Gasteiger partial charge in [0.2, 0.25) is 5.91 Å². The lowest BCUT2D eigenvalue weighted by Gasteiger charge is -2.24. The highest BCUT2D eigenvalue weighted by atomic mass is 19.4. The molecule has 2 saturated heterocycles. The summed E-state index contributed by atoms with van der Waals surface area (Å²) >= 11 is 0. The van der Waals surface area contributed by atoms with Crippen LogP contribution in [0.3, 0.4) is 0 Å². The van der Waals surface area contributed by atoms with E-state index >= 15 is 0 Å². The summed E-state index contributed by atoms with van der Waals surface area (Å²) in [6.45, 7) is 3.62. The van der Waals surface area contributed by atoms with Gasteiger partial charge in [0.25, 0.3) is 0 Å². The molecule has 1 N–H and O–H groups in total. The Bertz CT molecular complexity index is 1010. The van der Waals surface area contributed by atoms with Gasteiger partial charge in [0.05, 0.1) is 11.6 Å². The molecule has 2 fully saturated rings. The minimum atomic E-state index is -5.08. The molecule has 32 heavy (non-hydrogen) atoms. The summed E-state index contributed by atoms with van der Waals surface area (Å²) in [5.41, 5.74) is 2.78. The topological polar surface area (TPSA) is 97.5 Å². The van der Waals surface area contributed by atoms with Crippen LogP contribution < -0.4 is 4.90 Å². The van der Waals surface area contributed by atoms with E-state index in [9.17, 15) is 18.0 Å². The summed E-state index contributed by atoms with van der Waals surface area (Å²) in [6.07, 6.45) is 0.274. The van der Waals surface area contributed by atoms with Crippen LogP contribution >= 0.6 is 0 Å². The molecule has 10 heteroatoms. The van der Waals surface area contributed by atoms with Crippen LogP contribution in [0.25, 0.3) is 0 Å². The first-order chi connectivity index (χ1) is 15.1. The second-order valence-electron chi connectivity index (χ2n) is 7.94. The van der Waals surface area contributed by atoms with Crippen LogP contribution in [0.15, 0.2) is 48.8 Å². The number of carbonyl (C=O) groups is 2. The highest BCUT2D eigenvalue weighted by Crippen LogP contribution is 2.42. The number of carbonyl (C=O) groups excluding carboxylic acids is 1. The lowest BCUT2D eigenvalue weighted by molar-refractivity contribution is -0.192.